The van der Waals surface area contributed by atoms with Crippen LogP contribution in [0.25, 0.3) is 0 Å². The van der Waals surface area contributed by atoms with Gasteiger partial charge in [0.1, 0.15) is 6.61 Å². The summed E-state index contributed by atoms with van der Waals surface area (Å²) in [7, 11) is -6.61. The van der Waals surface area contributed by atoms with E-state index in [0.717, 1.165) is 0 Å². The molecule has 0 bridgehead atoms. The molecule has 0 aromatic carbocycles. The Kier molecular flexibility index (Phi) is 5.19. The first-order valence-corrected chi connectivity index (χ1v) is 5.55. The number of rotatable bonds is 7. The van der Waals surface area contributed by atoms with E-state index in [1.165, 1.54) is 0 Å². The Balaban J connectivity index is 5.07. The van der Waals surface area contributed by atoms with Crippen molar-refractivity contribution in [3.63, 3.8) is 0 Å². The SMILES string of the molecule is CC(F)(OC(F)(F)S(=O)(=O)[O-])C(F)(F)OCC(F)F. The van der Waals surface area contributed by atoms with Crippen LogP contribution in [0.1, 0.15) is 6.92 Å². The van der Waals surface area contributed by atoms with Gasteiger partial charge in [-0.25, -0.2) is 21.6 Å². The van der Waals surface area contributed by atoms with E-state index in [1.54, 1.807) is 0 Å². The maximum atomic E-state index is 13.1. The first kappa shape index (κ1) is 18.3. The van der Waals surface area contributed by atoms with Crippen LogP contribution in [-0.4, -0.2) is 43.4 Å². The van der Waals surface area contributed by atoms with Crippen molar-refractivity contribution in [1.29, 1.82) is 0 Å². The van der Waals surface area contributed by atoms with Gasteiger partial charge in [-0.15, -0.1) is 0 Å². The van der Waals surface area contributed by atoms with Crippen molar-refractivity contribution in [1.82, 2.24) is 0 Å². The van der Waals surface area contributed by atoms with Gasteiger partial charge in [0.2, 0.25) is 0 Å². The molecule has 5 nitrogen and oxygen atoms in total. The molecule has 0 fully saturated rings. The van der Waals surface area contributed by atoms with Gasteiger partial charge in [-0.3, -0.25) is 4.74 Å². The van der Waals surface area contributed by atoms with Crippen molar-refractivity contribution in [3.05, 3.63) is 0 Å². The molecule has 0 aliphatic heterocycles. The fraction of sp³-hybridized carbons (Fsp3) is 1.00. The third kappa shape index (κ3) is 4.74. The number of alkyl halides is 7. The molecule has 0 saturated carbocycles. The summed E-state index contributed by atoms with van der Waals surface area (Å²) >= 11 is 0. The summed E-state index contributed by atoms with van der Waals surface area (Å²) in [5, 5.41) is 0. The van der Waals surface area contributed by atoms with Gasteiger partial charge >= 0.3 is 17.4 Å². The minimum absolute atomic E-state index is 0.419. The maximum Gasteiger partial charge on any atom is 0.453 e. The minimum atomic E-state index is -6.61. The van der Waals surface area contributed by atoms with Crippen molar-refractivity contribution in [2.24, 2.45) is 0 Å². The molecule has 0 saturated heterocycles. The quantitative estimate of drug-likeness (QED) is 0.526. The van der Waals surface area contributed by atoms with Crippen LogP contribution in [0, 0.1) is 0 Å². The molecule has 1 unspecified atom stereocenters. The smallest absolute Gasteiger partial charge is 0.453 e. The Hall–Kier alpha value is -0.660. The van der Waals surface area contributed by atoms with E-state index < -0.39 is 47.5 Å². The van der Waals surface area contributed by atoms with Gasteiger partial charge in [-0.05, 0) is 0 Å². The lowest BCUT2D eigenvalue weighted by Gasteiger charge is -2.32. The van der Waals surface area contributed by atoms with Gasteiger partial charge in [0, 0.05) is 6.92 Å². The summed E-state index contributed by atoms with van der Waals surface area (Å²) in [4.78, 5) is 0. The second-order valence-electron chi connectivity index (χ2n) is 3.16. The molecule has 0 aromatic heterocycles. The highest BCUT2D eigenvalue weighted by Gasteiger charge is 2.61. The molecule has 0 aliphatic carbocycles. The Morgan fingerprint density at radius 2 is 1.58 bits per heavy atom. The third-order valence-electron chi connectivity index (χ3n) is 1.51. The van der Waals surface area contributed by atoms with E-state index in [-0.39, 0.29) is 0 Å². The lowest BCUT2D eigenvalue weighted by molar-refractivity contribution is -0.418. The fourth-order valence-electron chi connectivity index (χ4n) is 0.630. The predicted molar refractivity (Wildman–Crippen MR) is 42.1 cm³/mol. The molecule has 116 valence electrons. The van der Waals surface area contributed by atoms with Gasteiger partial charge in [0.25, 0.3) is 6.43 Å². The average molecular weight is 323 g/mol. The van der Waals surface area contributed by atoms with Gasteiger partial charge in [0.15, 0.2) is 10.1 Å². The molecule has 0 aromatic rings. The third-order valence-corrected chi connectivity index (χ3v) is 2.18. The lowest BCUT2D eigenvalue weighted by Crippen LogP contribution is -2.52. The van der Waals surface area contributed by atoms with Gasteiger partial charge < -0.3 is 9.29 Å². The monoisotopic (exact) mass is 323 g/mol. The summed E-state index contributed by atoms with van der Waals surface area (Å²) in [6.45, 7) is -2.46. The number of hydrogen-bond donors (Lipinski definition) is 0. The Morgan fingerprint density at radius 3 is 1.89 bits per heavy atom. The normalized spacial score (nSPS) is 17.6. The van der Waals surface area contributed by atoms with E-state index >= 15 is 0 Å². The summed E-state index contributed by atoms with van der Waals surface area (Å²) in [6, 6.07) is 0. The van der Waals surface area contributed by atoms with Crippen molar-refractivity contribution in [3.8, 4) is 0 Å². The van der Waals surface area contributed by atoms with Crippen molar-refractivity contribution >= 4 is 10.1 Å². The largest absolute Gasteiger partial charge is 0.741 e. The molecule has 0 heterocycles. The predicted octanol–water partition coefficient (Wildman–Crippen LogP) is 1.66. The topological polar surface area (TPSA) is 75.7 Å². The molecule has 0 rings (SSSR count). The molecular formula is C6H6F7O5S-. The molecular weight excluding hydrogens is 317 g/mol. The maximum absolute atomic E-state index is 13.1. The number of halogens is 7. The highest BCUT2D eigenvalue weighted by atomic mass is 32.2. The Bertz CT molecular complexity index is 406. The van der Waals surface area contributed by atoms with E-state index in [2.05, 4.69) is 9.47 Å². The van der Waals surface area contributed by atoms with Crippen LogP contribution < -0.4 is 0 Å². The summed E-state index contributed by atoms with van der Waals surface area (Å²) in [6.07, 6.45) is -8.83. The minimum Gasteiger partial charge on any atom is -0.741 e. The zero-order valence-corrected chi connectivity index (χ0v) is 9.70. The standard InChI is InChI=1S/C6H7F7O5S/c1-4(9,5(10,11)17-2-3(7)8)18-6(12,13)19(14,15)16/h3H,2H2,1H3,(H,14,15,16)/p-1. The fourth-order valence-corrected chi connectivity index (χ4v) is 0.889. The van der Waals surface area contributed by atoms with Crippen molar-refractivity contribution in [2.75, 3.05) is 6.61 Å². The first-order valence-electron chi connectivity index (χ1n) is 4.14. The summed E-state index contributed by atoms with van der Waals surface area (Å²) in [5.74, 6) is -4.84. The molecule has 13 heteroatoms. The molecule has 0 spiro atoms. The summed E-state index contributed by atoms with van der Waals surface area (Å²) < 4.78 is 122. The van der Waals surface area contributed by atoms with Crippen LogP contribution in [0.3, 0.4) is 0 Å². The van der Waals surface area contributed by atoms with Crippen LogP contribution in [0.15, 0.2) is 0 Å². The van der Waals surface area contributed by atoms with Crippen LogP contribution in [-0.2, 0) is 19.6 Å². The molecule has 0 amide bonds. The Labute approximate surface area is 102 Å². The molecule has 0 aliphatic rings. The molecule has 0 radical (unpaired) electrons. The van der Waals surface area contributed by atoms with Gasteiger partial charge in [-0.1, -0.05) is 0 Å². The highest BCUT2D eigenvalue weighted by molar-refractivity contribution is 7.86. The van der Waals surface area contributed by atoms with Crippen LogP contribution >= 0.6 is 0 Å². The second-order valence-corrected chi connectivity index (χ2v) is 4.54. The van der Waals surface area contributed by atoms with Crippen LogP contribution in [0.5, 0.6) is 0 Å². The van der Waals surface area contributed by atoms with E-state index in [4.69, 9.17) is 0 Å². The van der Waals surface area contributed by atoms with Gasteiger partial charge in [-0.2, -0.15) is 17.6 Å². The van der Waals surface area contributed by atoms with Crippen LogP contribution in [0.2, 0.25) is 0 Å². The highest BCUT2D eigenvalue weighted by Crippen LogP contribution is 2.40. The number of ether oxygens (including phenoxy) is 2. The average Bonchev–Trinajstić information content (AvgIpc) is 2.11. The zero-order chi connectivity index (χ0) is 15.7. The van der Waals surface area contributed by atoms with Crippen LogP contribution in [0.4, 0.5) is 30.7 Å². The van der Waals surface area contributed by atoms with Crippen molar-refractivity contribution < 1.29 is 53.2 Å². The van der Waals surface area contributed by atoms with Gasteiger partial charge in [0.05, 0.1) is 0 Å². The van der Waals surface area contributed by atoms with Crippen molar-refractivity contribution in [2.45, 2.75) is 30.8 Å². The van der Waals surface area contributed by atoms with E-state index in [9.17, 15) is 43.7 Å². The lowest BCUT2D eigenvalue weighted by atomic mass is 10.3. The Morgan fingerprint density at radius 1 is 1.16 bits per heavy atom. The van der Waals surface area contributed by atoms with E-state index in [1.807, 2.05) is 0 Å². The molecule has 0 N–H and O–H groups in total. The zero-order valence-electron chi connectivity index (χ0n) is 8.88. The second kappa shape index (κ2) is 5.38. The first-order chi connectivity index (χ1) is 8.12. The molecule has 1 atom stereocenters. The number of hydrogen-bond acceptors (Lipinski definition) is 5. The van der Waals surface area contributed by atoms with E-state index in [0.29, 0.717) is 0 Å². The summed E-state index contributed by atoms with van der Waals surface area (Å²) in [5.41, 5.74) is -5.84. The molecule has 19 heavy (non-hydrogen) atoms.